The Morgan fingerprint density at radius 1 is 1.00 bits per heavy atom. The fourth-order valence-electron chi connectivity index (χ4n) is 1.86. The molecule has 0 atom stereocenters. The largest absolute Gasteiger partial charge is 0.425 e. The number of benzene rings is 2. The second kappa shape index (κ2) is 5.81. The highest BCUT2D eigenvalue weighted by Crippen LogP contribution is 2.23. The number of hydrogen-bond donors (Lipinski definition) is 1. The molecule has 0 spiro atoms. The van der Waals surface area contributed by atoms with Crippen LogP contribution in [0.2, 0.25) is 5.02 Å². The molecule has 1 N–H and O–H groups in total. The summed E-state index contributed by atoms with van der Waals surface area (Å²) in [6.07, 6.45) is 0. The van der Waals surface area contributed by atoms with Crippen molar-refractivity contribution >= 4 is 23.3 Å². The molecule has 0 amide bonds. The molecule has 2 aromatic carbocycles. The summed E-state index contributed by atoms with van der Waals surface area (Å²) in [6, 6.07) is 17.9. The van der Waals surface area contributed by atoms with Crippen LogP contribution in [0.25, 0.3) is 11.3 Å². The standard InChI is InChI=1S/C16H11ClN2O2/c17-12-8-6-11(7-9-12)14-10-15(20)19-16(21-14)18-13-4-2-1-3-5-13/h1-10H,(H,18,19,20). The maximum absolute atomic E-state index is 11.7. The number of halogens is 1. The Morgan fingerprint density at radius 2 is 1.71 bits per heavy atom. The van der Waals surface area contributed by atoms with Crippen LogP contribution in [-0.2, 0) is 0 Å². The van der Waals surface area contributed by atoms with Gasteiger partial charge in [-0.1, -0.05) is 29.8 Å². The molecule has 21 heavy (non-hydrogen) atoms. The number of anilines is 2. The van der Waals surface area contributed by atoms with Gasteiger partial charge in [-0.3, -0.25) is 4.79 Å². The van der Waals surface area contributed by atoms with Crippen LogP contribution >= 0.6 is 11.6 Å². The Balaban J connectivity index is 1.96. The van der Waals surface area contributed by atoms with Crippen molar-refractivity contribution in [3.63, 3.8) is 0 Å². The van der Waals surface area contributed by atoms with Crippen LogP contribution in [0.15, 0.2) is 69.9 Å². The molecule has 3 aromatic rings. The van der Waals surface area contributed by atoms with Crippen molar-refractivity contribution in [1.29, 1.82) is 0 Å². The molecule has 1 heterocycles. The van der Waals surface area contributed by atoms with Gasteiger partial charge >= 0.3 is 6.01 Å². The van der Waals surface area contributed by atoms with Gasteiger partial charge in [0.1, 0.15) is 5.76 Å². The topological polar surface area (TPSA) is 55.1 Å². The Bertz CT molecular complexity index is 799. The number of hydrogen-bond acceptors (Lipinski definition) is 4. The van der Waals surface area contributed by atoms with E-state index in [-0.39, 0.29) is 11.6 Å². The average Bonchev–Trinajstić information content (AvgIpc) is 2.48. The first kappa shape index (κ1) is 13.4. The molecule has 0 aliphatic carbocycles. The van der Waals surface area contributed by atoms with Crippen molar-refractivity contribution in [1.82, 2.24) is 4.98 Å². The van der Waals surface area contributed by atoms with Gasteiger partial charge in [-0.15, -0.1) is 0 Å². The van der Waals surface area contributed by atoms with Crippen molar-refractivity contribution in [2.75, 3.05) is 5.32 Å². The first-order chi connectivity index (χ1) is 10.2. The van der Waals surface area contributed by atoms with E-state index < -0.39 is 0 Å². The second-order valence-electron chi connectivity index (χ2n) is 4.36. The minimum absolute atomic E-state index is 0.152. The predicted octanol–water partition coefficient (Wildman–Crippen LogP) is 4.10. The second-order valence-corrected chi connectivity index (χ2v) is 4.80. The normalized spacial score (nSPS) is 10.3. The monoisotopic (exact) mass is 298 g/mol. The van der Waals surface area contributed by atoms with Crippen molar-refractivity contribution in [3.8, 4) is 11.3 Å². The third-order valence-electron chi connectivity index (χ3n) is 2.83. The summed E-state index contributed by atoms with van der Waals surface area (Å²) in [5.74, 6) is 0.435. The minimum Gasteiger partial charge on any atom is -0.425 e. The lowest BCUT2D eigenvalue weighted by Crippen LogP contribution is -2.07. The van der Waals surface area contributed by atoms with Crippen molar-refractivity contribution in [2.45, 2.75) is 0 Å². The lowest BCUT2D eigenvalue weighted by atomic mass is 10.2. The van der Waals surface area contributed by atoms with Gasteiger partial charge < -0.3 is 9.73 Å². The molecule has 4 nitrogen and oxygen atoms in total. The molecule has 0 aliphatic heterocycles. The van der Waals surface area contributed by atoms with E-state index in [2.05, 4.69) is 10.3 Å². The fourth-order valence-corrected chi connectivity index (χ4v) is 1.98. The van der Waals surface area contributed by atoms with Gasteiger partial charge in [0.25, 0.3) is 5.56 Å². The van der Waals surface area contributed by atoms with Gasteiger partial charge in [-0.2, -0.15) is 4.98 Å². The zero-order valence-electron chi connectivity index (χ0n) is 10.9. The molecule has 0 bridgehead atoms. The first-order valence-corrected chi connectivity index (χ1v) is 6.69. The van der Waals surface area contributed by atoms with E-state index in [9.17, 15) is 4.79 Å². The average molecular weight is 299 g/mol. The quantitative estimate of drug-likeness (QED) is 0.791. The number of rotatable bonds is 3. The molecule has 0 unspecified atom stereocenters. The maximum Gasteiger partial charge on any atom is 0.303 e. The Kier molecular flexibility index (Phi) is 3.71. The molecule has 0 aliphatic rings. The van der Waals surface area contributed by atoms with Gasteiger partial charge in [0.2, 0.25) is 0 Å². The van der Waals surface area contributed by atoms with E-state index >= 15 is 0 Å². The summed E-state index contributed by atoms with van der Waals surface area (Å²) >= 11 is 5.85. The number of para-hydroxylation sites is 1. The van der Waals surface area contributed by atoms with Crippen molar-refractivity contribution in [2.24, 2.45) is 0 Å². The number of nitrogens with zero attached hydrogens (tertiary/aromatic N) is 1. The summed E-state index contributed by atoms with van der Waals surface area (Å²) in [4.78, 5) is 15.5. The van der Waals surface area contributed by atoms with E-state index in [1.54, 1.807) is 24.3 Å². The Labute approximate surface area is 126 Å². The SMILES string of the molecule is O=c1cc(-c2ccc(Cl)cc2)oc(Nc2ccccc2)n1. The molecule has 0 saturated heterocycles. The molecule has 1 aromatic heterocycles. The van der Waals surface area contributed by atoms with E-state index in [1.807, 2.05) is 30.3 Å². The molecule has 0 saturated carbocycles. The minimum atomic E-state index is -0.371. The molecule has 104 valence electrons. The summed E-state index contributed by atoms with van der Waals surface area (Å²) in [5, 5.41) is 3.59. The van der Waals surface area contributed by atoms with Gasteiger partial charge in [-0.25, -0.2) is 0 Å². The molecule has 0 radical (unpaired) electrons. The highest BCUT2D eigenvalue weighted by Gasteiger charge is 2.06. The summed E-state index contributed by atoms with van der Waals surface area (Å²) in [6.45, 7) is 0. The van der Waals surface area contributed by atoms with E-state index in [1.165, 1.54) is 6.07 Å². The van der Waals surface area contributed by atoms with Gasteiger partial charge in [0, 0.05) is 22.3 Å². The Morgan fingerprint density at radius 3 is 2.43 bits per heavy atom. The molecule has 3 rings (SSSR count). The fraction of sp³-hybridized carbons (Fsp3) is 0. The summed E-state index contributed by atoms with van der Waals surface area (Å²) in [7, 11) is 0. The lowest BCUT2D eigenvalue weighted by Gasteiger charge is -2.06. The van der Waals surface area contributed by atoms with Gasteiger partial charge in [0.05, 0.1) is 0 Å². The predicted molar refractivity (Wildman–Crippen MR) is 82.9 cm³/mol. The van der Waals surface area contributed by atoms with E-state index in [4.69, 9.17) is 16.0 Å². The lowest BCUT2D eigenvalue weighted by molar-refractivity contribution is 0.561. The third-order valence-corrected chi connectivity index (χ3v) is 3.08. The van der Waals surface area contributed by atoms with Crippen LogP contribution in [0.3, 0.4) is 0 Å². The zero-order chi connectivity index (χ0) is 14.7. The highest BCUT2D eigenvalue weighted by molar-refractivity contribution is 6.30. The Hall–Kier alpha value is -2.59. The van der Waals surface area contributed by atoms with Crippen LogP contribution in [0.4, 0.5) is 11.7 Å². The summed E-state index contributed by atoms with van der Waals surface area (Å²) < 4.78 is 5.62. The van der Waals surface area contributed by atoms with Gasteiger partial charge in [-0.05, 0) is 36.4 Å². The van der Waals surface area contributed by atoms with Crippen LogP contribution in [-0.4, -0.2) is 4.98 Å². The summed E-state index contributed by atoms with van der Waals surface area (Å²) in [5.41, 5.74) is 1.18. The molecule has 5 heteroatoms. The smallest absolute Gasteiger partial charge is 0.303 e. The first-order valence-electron chi connectivity index (χ1n) is 6.31. The third kappa shape index (κ3) is 3.30. The van der Waals surface area contributed by atoms with Crippen LogP contribution in [0.5, 0.6) is 0 Å². The highest BCUT2D eigenvalue weighted by atomic mass is 35.5. The van der Waals surface area contributed by atoms with Crippen LogP contribution < -0.4 is 10.9 Å². The van der Waals surface area contributed by atoms with E-state index in [0.29, 0.717) is 10.8 Å². The number of nitrogens with one attached hydrogen (secondary N) is 1. The van der Waals surface area contributed by atoms with Crippen LogP contribution in [0.1, 0.15) is 0 Å². The van der Waals surface area contributed by atoms with E-state index in [0.717, 1.165) is 11.3 Å². The van der Waals surface area contributed by atoms with Crippen molar-refractivity contribution in [3.05, 3.63) is 76.0 Å². The molecular formula is C16H11ClN2O2. The zero-order valence-corrected chi connectivity index (χ0v) is 11.7. The maximum atomic E-state index is 11.7. The number of aromatic nitrogens is 1. The van der Waals surface area contributed by atoms with Crippen LogP contribution in [0, 0.1) is 0 Å². The molecular weight excluding hydrogens is 288 g/mol. The van der Waals surface area contributed by atoms with Crippen molar-refractivity contribution < 1.29 is 4.42 Å². The van der Waals surface area contributed by atoms with Gasteiger partial charge in [0.15, 0.2) is 0 Å². The molecule has 0 fully saturated rings.